The molecule has 0 bridgehead atoms. The molecular formula is C40H43N7O3. The van der Waals surface area contributed by atoms with Crippen molar-refractivity contribution in [1.29, 1.82) is 0 Å². The molecule has 8 rings (SSSR count). The van der Waals surface area contributed by atoms with Gasteiger partial charge in [-0.2, -0.15) is 4.98 Å². The quantitative estimate of drug-likeness (QED) is 0.135. The summed E-state index contributed by atoms with van der Waals surface area (Å²) in [5, 5.41) is 17.1. The van der Waals surface area contributed by atoms with Crippen LogP contribution in [0.2, 0.25) is 0 Å². The standard InChI is InChI=1S/C40H43N7O3/c48-34-12-10-31(11-13-34)44-38-35(36-14-6-30(25-42-36)40(16-17-40)47-19-21-50-22-20-47)26-43-39(46-38)45-32-7-3-27(4-8-32)5-9-33-24-29(15-18-41-33)37(49)23-28-1-2-28/h3-4,6-8,14-15,18,24-26,28,31,34,48H,1-2,10-13,16-17,19-23H2,(H2,43,44,45,46). The third-order valence-corrected chi connectivity index (χ3v) is 10.5. The number of carbonyl (C=O) groups excluding carboxylic acids is 1. The van der Waals surface area contributed by atoms with Crippen molar-refractivity contribution in [3.05, 3.63) is 89.5 Å². The van der Waals surface area contributed by atoms with Crippen LogP contribution >= 0.6 is 0 Å². The Morgan fingerprint density at radius 3 is 2.44 bits per heavy atom. The summed E-state index contributed by atoms with van der Waals surface area (Å²) in [6.45, 7) is 3.49. The Morgan fingerprint density at radius 2 is 1.72 bits per heavy atom. The van der Waals surface area contributed by atoms with Crippen LogP contribution in [0.3, 0.4) is 0 Å². The van der Waals surface area contributed by atoms with E-state index in [0.29, 0.717) is 29.5 Å². The highest BCUT2D eigenvalue weighted by Crippen LogP contribution is 2.51. The van der Waals surface area contributed by atoms with Crippen LogP contribution in [-0.4, -0.2) is 74.2 Å². The second kappa shape index (κ2) is 14.3. The zero-order valence-corrected chi connectivity index (χ0v) is 28.3. The lowest BCUT2D eigenvalue weighted by Gasteiger charge is -2.35. The highest BCUT2D eigenvalue weighted by molar-refractivity contribution is 5.96. The number of nitrogens with one attached hydrogen (secondary N) is 2. The van der Waals surface area contributed by atoms with Gasteiger partial charge in [0.15, 0.2) is 5.78 Å². The van der Waals surface area contributed by atoms with Crippen LogP contribution < -0.4 is 10.6 Å². The molecule has 10 heteroatoms. The molecule has 4 aromatic rings. The number of aromatic nitrogens is 4. The van der Waals surface area contributed by atoms with E-state index in [-0.39, 0.29) is 23.5 Å². The van der Waals surface area contributed by atoms with Crippen LogP contribution in [0.1, 0.15) is 85.0 Å². The maximum Gasteiger partial charge on any atom is 0.229 e. The van der Waals surface area contributed by atoms with Gasteiger partial charge in [-0.3, -0.25) is 14.7 Å². The van der Waals surface area contributed by atoms with Crippen molar-refractivity contribution in [3.63, 3.8) is 0 Å². The van der Waals surface area contributed by atoms with Crippen LogP contribution in [0.4, 0.5) is 17.5 Å². The molecule has 1 saturated heterocycles. The van der Waals surface area contributed by atoms with Crippen LogP contribution in [0, 0.1) is 17.8 Å². The fourth-order valence-corrected chi connectivity index (χ4v) is 7.16. The Labute approximate surface area is 293 Å². The van der Waals surface area contributed by atoms with Gasteiger partial charge in [0.1, 0.15) is 11.5 Å². The molecule has 256 valence electrons. The van der Waals surface area contributed by atoms with Gasteiger partial charge in [0.05, 0.1) is 30.6 Å². The molecular weight excluding hydrogens is 626 g/mol. The average Bonchev–Trinajstić information content (AvgIpc) is 4.10. The molecule has 0 atom stereocenters. The van der Waals surface area contributed by atoms with E-state index in [1.165, 1.54) is 5.56 Å². The number of aliphatic hydroxyl groups is 1. The first-order valence-electron chi connectivity index (χ1n) is 18.0. The number of aliphatic hydroxyl groups excluding tert-OH is 1. The van der Waals surface area contributed by atoms with Crippen molar-refractivity contribution in [3.8, 4) is 23.1 Å². The van der Waals surface area contributed by atoms with Crippen LogP contribution in [0.5, 0.6) is 0 Å². The predicted molar refractivity (Wildman–Crippen MR) is 192 cm³/mol. The molecule has 4 fully saturated rings. The Balaban J connectivity index is 0.980. The largest absolute Gasteiger partial charge is 0.393 e. The van der Waals surface area contributed by atoms with Gasteiger partial charge in [-0.15, -0.1) is 0 Å². The normalized spacial score (nSPS) is 21.5. The molecule has 10 nitrogen and oxygen atoms in total. The molecule has 50 heavy (non-hydrogen) atoms. The zero-order valence-electron chi connectivity index (χ0n) is 28.3. The number of carbonyl (C=O) groups is 1. The smallest absolute Gasteiger partial charge is 0.229 e. The number of morpholine rings is 1. The van der Waals surface area contributed by atoms with Crippen LogP contribution in [0.15, 0.2) is 67.1 Å². The van der Waals surface area contributed by atoms with Crippen molar-refractivity contribution in [2.75, 3.05) is 36.9 Å². The van der Waals surface area contributed by atoms with E-state index < -0.39 is 0 Å². The molecule has 3 N–H and O–H groups in total. The third-order valence-electron chi connectivity index (χ3n) is 10.5. The number of nitrogens with zero attached hydrogens (tertiary/aromatic N) is 5. The van der Waals surface area contributed by atoms with Gasteiger partial charge in [-0.05, 0) is 111 Å². The van der Waals surface area contributed by atoms with Gasteiger partial charge in [-0.1, -0.05) is 12.0 Å². The van der Waals surface area contributed by atoms with Gasteiger partial charge >= 0.3 is 0 Å². The molecule has 0 unspecified atom stereocenters. The monoisotopic (exact) mass is 669 g/mol. The second-order valence-electron chi connectivity index (χ2n) is 14.1. The number of hydrogen-bond acceptors (Lipinski definition) is 10. The van der Waals surface area contributed by atoms with Crippen molar-refractivity contribution in [1.82, 2.24) is 24.8 Å². The number of ether oxygens (including phenoxy) is 1. The van der Waals surface area contributed by atoms with Gasteiger partial charge < -0.3 is 20.5 Å². The molecule has 0 spiro atoms. The Bertz CT molecular complexity index is 1880. The lowest BCUT2D eigenvalue weighted by atomic mass is 9.93. The third kappa shape index (κ3) is 7.55. The van der Waals surface area contributed by atoms with Crippen molar-refractivity contribution >= 4 is 23.2 Å². The van der Waals surface area contributed by atoms with E-state index >= 15 is 0 Å². The molecule has 3 aromatic heterocycles. The second-order valence-corrected chi connectivity index (χ2v) is 14.1. The van der Waals surface area contributed by atoms with Gasteiger partial charge in [0.25, 0.3) is 0 Å². The molecule has 1 aliphatic heterocycles. The number of rotatable bonds is 10. The Hall–Kier alpha value is -4.69. The fourth-order valence-electron chi connectivity index (χ4n) is 7.16. The molecule has 3 saturated carbocycles. The summed E-state index contributed by atoms with van der Waals surface area (Å²) in [7, 11) is 0. The number of pyridine rings is 2. The van der Waals surface area contributed by atoms with Crippen LogP contribution in [-0.2, 0) is 10.3 Å². The van der Waals surface area contributed by atoms with Crippen LogP contribution in [0.25, 0.3) is 11.3 Å². The molecule has 0 amide bonds. The maximum atomic E-state index is 12.5. The SMILES string of the molecule is O=C(CC1CC1)c1ccnc(C#Cc2ccc(Nc3ncc(-c4ccc(C5(N6CCOCC6)CC5)cn4)c(NC4CCC(O)CC4)n3)cc2)c1. The molecule has 4 heterocycles. The summed E-state index contributed by atoms with van der Waals surface area (Å²) in [4.78, 5) is 34.0. The summed E-state index contributed by atoms with van der Waals surface area (Å²) in [6, 6.07) is 15.8. The lowest BCUT2D eigenvalue weighted by molar-refractivity contribution is 0.00828. The number of anilines is 3. The number of Topliss-reactive ketones (excluding diaryl/α,β-unsaturated/α-hetero) is 1. The fraction of sp³-hybridized carbons (Fsp3) is 0.425. The first kappa shape index (κ1) is 32.5. The van der Waals surface area contributed by atoms with Crippen molar-refractivity contribution in [2.24, 2.45) is 5.92 Å². The molecule has 3 aliphatic carbocycles. The average molecular weight is 670 g/mol. The number of ketones is 1. The molecule has 0 radical (unpaired) electrons. The highest BCUT2D eigenvalue weighted by Gasteiger charge is 2.49. The van der Waals surface area contributed by atoms with Crippen molar-refractivity contribution < 1.29 is 14.6 Å². The summed E-state index contributed by atoms with van der Waals surface area (Å²) >= 11 is 0. The minimum Gasteiger partial charge on any atom is -0.393 e. The van der Waals surface area contributed by atoms with Gasteiger partial charge in [-0.25, -0.2) is 9.97 Å². The van der Waals surface area contributed by atoms with Gasteiger partial charge in [0.2, 0.25) is 5.95 Å². The first-order chi connectivity index (χ1) is 24.5. The Morgan fingerprint density at radius 1 is 0.920 bits per heavy atom. The summed E-state index contributed by atoms with van der Waals surface area (Å²) in [6.07, 6.45) is 13.8. The minimum absolute atomic E-state index is 0.0855. The first-order valence-corrected chi connectivity index (χ1v) is 18.0. The zero-order chi connectivity index (χ0) is 33.9. The maximum absolute atomic E-state index is 12.5. The summed E-state index contributed by atoms with van der Waals surface area (Å²) in [5.41, 5.74) is 5.96. The van der Waals surface area contributed by atoms with E-state index in [2.05, 4.69) is 49.5 Å². The number of benzene rings is 1. The molecule has 1 aromatic carbocycles. The number of hydrogen-bond donors (Lipinski definition) is 3. The highest BCUT2D eigenvalue weighted by atomic mass is 16.5. The van der Waals surface area contributed by atoms with E-state index in [9.17, 15) is 9.90 Å². The lowest BCUT2D eigenvalue weighted by Crippen LogP contribution is -2.43. The summed E-state index contributed by atoms with van der Waals surface area (Å²) < 4.78 is 5.60. The minimum atomic E-state index is -0.235. The Kier molecular flexibility index (Phi) is 9.28. The molecule has 4 aliphatic rings. The summed E-state index contributed by atoms with van der Waals surface area (Å²) in [5.74, 6) is 8.18. The predicted octanol–water partition coefficient (Wildman–Crippen LogP) is 6.10. The van der Waals surface area contributed by atoms with E-state index in [0.717, 1.165) is 106 Å². The van der Waals surface area contributed by atoms with E-state index in [1.807, 2.05) is 36.7 Å². The van der Waals surface area contributed by atoms with Crippen molar-refractivity contribution in [2.45, 2.75) is 75.5 Å². The van der Waals surface area contributed by atoms with E-state index in [4.69, 9.17) is 14.7 Å². The van der Waals surface area contributed by atoms with Gasteiger partial charge in [0, 0.05) is 66.5 Å². The topological polar surface area (TPSA) is 125 Å². The van der Waals surface area contributed by atoms with E-state index in [1.54, 1.807) is 18.3 Å².